The molecule has 1 N–H and O–H groups in total. The number of rotatable bonds is 4. The van der Waals surface area contributed by atoms with Gasteiger partial charge in [0.15, 0.2) is 6.54 Å². The van der Waals surface area contributed by atoms with Crippen LogP contribution in [-0.2, 0) is 27.7 Å². The molecule has 2 fully saturated rings. The van der Waals surface area contributed by atoms with E-state index in [0.717, 1.165) is 32.1 Å². The minimum absolute atomic E-state index is 0.217. The van der Waals surface area contributed by atoms with Gasteiger partial charge in [-0.1, -0.05) is 6.07 Å². The molecule has 0 unspecified atom stereocenters. The van der Waals surface area contributed by atoms with Gasteiger partial charge in [-0.25, -0.2) is 8.42 Å². The van der Waals surface area contributed by atoms with E-state index in [1.165, 1.54) is 22.4 Å². The smallest absolute Gasteiger partial charge is 0.278 e. The van der Waals surface area contributed by atoms with Crippen molar-refractivity contribution >= 4 is 15.9 Å². The van der Waals surface area contributed by atoms with Gasteiger partial charge in [-0.15, -0.1) is 0 Å². The molecule has 0 radical (unpaired) electrons. The van der Waals surface area contributed by atoms with E-state index in [0.29, 0.717) is 49.7 Å². The molecular weight excluding hydrogens is 386 g/mol. The van der Waals surface area contributed by atoms with Crippen molar-refractivity contribution in [2.45, 2.75) is 69.4 Å². The number of aryl methyl sites for hydroxylation is 2. The molecule has 0 bridgehead atoms. The quantitative estimate of drug-likeness (QED) is 0.786. The van der Waals surface area contributed by atoms with Crippen molar-refractivity contribution in [3.63, 3.8) is 0 Å². The fourth-order valence-electron chi connectivity index (χ4n) is 5.30. The zero-order valence-electron chi connectivity index (χ0n) is 17.7. The summed E-state index contributed by atoms with van der Waals surface area (Å²) in [6.07, 6.45) is 6.50. The van der Waals surface area contributed by atoms with E-state index in [4.69, 9.17) is 0 Å². The fourth-order valence-corrected chi connectivity index (χ4v) is 6.79. The first-order valence-electron chi connectivity index (χ1n) is 11.1. The third-order valence-electron chi connectivity index (χ3n) is 7.02. The van der Waals surface area contributed by atoms with Crippen LogP contribution in [0, 0.1) is 0 Å². The van der Waals surface area contributed by atoms with Crippen LogP contribution in [0.4, 0.5) is 0 Å². The van der Waals surface area contributed by atoms with Crippen molar-refractivity contribution < 1.29 is 18.1 Å². The molecular formula is C22H34N3O3S+. The van der Waals surface area contributed by atoms with E-state index >= 15 is 0 Å². The summed E-state index contributed by atoms with van der Waals surface area (Å²) in [7, 11) is -3.45. The Bertz CT molecular complexity index is 852. The lowest BCUT2D eigenvalue weighted by atomic mass is 9.97. The number of carbonyl (C=O) groups excluding carboxylic acids is 1. The van der Waals surface area contributed by atoms with E-state index in [9.17, 15) is 13.2 Å². The van der Waals surface area contributed by atoms with Crippen molar-refractivity contribution in [2.75, 3.05) is 32.7 Å². The van der Waals surface area contributed by atoms with Crippen LogP contribution >= 0.6 is 0 Å². The van der Waals surface area contributed by atoms with E-state index in [1.807, 2.05) is 12.1 Å². The topological polar surface area (TPSA) is 62.1 Å². The minimum atomic E-state index is -3.45. The molecule has 6 nitrogen and oxygen atoms in total. The molecule has 2 aliphatic heterocycles. The Morgan fingerprint density at radius 3 is 2.38 bits per heavy atom. The highest BCUT2D eigenvalue weighted by atomic mass is 32.2. The summed E-state index contributed by atoms with van der Waals surface area (Å²) in [5.74, 6) is 0.217. The molecule has 0 spiro atoms. The maximum atomic E-state index is 13.1. The molecule has 160 valence electrons. The van der Waals surface area contributed by atoms with Crippen LogP contribution in [0.15, 0.2) is 23.1 Å². The van der Waals surface area contributed by atoms with Crippen LogP contribution < -0.4 is 4.90 Å². The lowest BCUT2D eigenvalue weighted by Crippen LogP contribution is -3.15. The highest BCUT2D eigenvalue weighted by Crippen LogP contribution is 2.26. The zero-order chi connectivity index (χ0) is 20.6. The van der Waals surface area contributed by atoms with Gasteiger partial charge in [0.2, 0.25) is 10.0 Å². The maximum Gasteiger partial charge on any atom is 0.278 e. The molecule has 7 heteroatoms. The van der Waals surface area contributed by atoms with E-state index in [1.54, 1.807) is 10.4 Å². The van der Waals surface area contributed by atoms with E-state index in [-0.39, 0.29) is 5.91 Å². The Morgan fingerprint density at radius 1 is 1.03 bits per heavy atom. The molecule has 29 heavy (non-hydrogen) atoms. The summed E-state index contributed by atoms with van der Waals surface area (Å²) in [6.45, 7) is 7.09. The number of fused-ring (bicyclic) bond motifs is 1. The second-order valence-electron chi connectivity index (χ2n) is 9.04. The van der Waals surface area contributed by atoms with Crippen LogP contribution in [0.3, 0.4) is 0 Å². The molecule has 1 aromatic rings. The number of piperidine rings is 1. The lowest BCUT2D eigenvalue weighted by molar-refractivity contribution is -0.896. The van der Waals surface area contributed by atoms with Gasteiger partial charge in [0.05, 0.1) is 31.1 Å². The number of nitrogens with zero attached hydrogens (tertiary/aromatic N) is 2. The number of hydrogen-bond donors (Lipinski definition) is 1. The van der Waals surface area contributed by atoms with Crippen LogP contribution in [-0.4, -0.2) is 68.3 Å². The van der Waals surface area contributed by atoms with Crippen molar-refractivity contribution in [1.82, 2.24) is 9.21 Å². The van der Waals surface area contributed by atoms with Crippen molar-refractivity contribution in [3.8, 4) is 0 Å². The SMILES string of the molecule is C[C@@H]1CCC[C@H](C)N1C(=O)C[NH+]1CCN(S(=O)(=O)c2ccc3c(c2)CCC3)CC1. The number of piperazine rings is 1. The summed E-state index contributed by atoms with van der Waals surface area (Å²) >= 11 is 0. The number of amides is 1. The van der Waals surface area contributed by atoms with Crippen LogP contribution in [0.2, 0.25) is 0 Å². The molecule has 1 aromatic carbocycles. The third kappa shape index (κ3) is 4.23. The van der Waals surface area contributed by atoms with Crippen molar-refractivity contribution in [3.05, 3.63) is 29.3 Å². The second-order valence-corrected chi connectivity index (χ2v) is 11.0. The lowest BCUT2D eigenvalue weighted by Gasteiger charge is -2.40. The number of benzene rings is 1. The Hall–Kier alpha value is -1.44. The number of nitrogens with one attached hydrogen (secondary N) is 1. The first-order chi connectivity index (χ1) is 13.9. The van der Waals surface area contributed by atoms with Gasteiger partial charge in [-0.2, -0.15) is 4.31 Å². The summed E-state index contributed by atoms with van der Waals surface area (Å²) in [5, 5.41) is 0. The van der Waals surface area contributed by atoms with Gasteiger partial charge in [0, 0.05) is 12.1 Å². The molecule has 0 aromatic heterocycles. The Morgan fingerprint density at radius 2 is 1.69 bits per heavy atom. The molecule has 3 aliphatic rings. The fraction of sp³-hybridized carbons (Fsp3) is 0.682. The number of carbonyl (C=O) groups is 1. The normalized spacial score (nSPS) is 26.5. The predicted molar refractivity (Wildman–Crippen MR) is 112 cm³/mol. The summed E-state index contributed by atoms with van der Waals surface area (Å²) in [5.41, 5.74) is 2.48. The highest BCUT2D eigenvalue weighted by Gasteiger charge is 2.35. The van der Waals surface area contributed by atoms with Gasteiger partial charge >= 0.3 is 0 Å². The van der Waals surface area contributed by atoms with Crippen LogP contribution in [0.25, 0.3) is 0 Å². The molecule has 4 rings (SSSR count). The van der Waals surface area contributed by atoms with Gasteiger partial charge in [0.25, 0.3) is 5.91 Å². The first kappa shape index (κ1) is 20.8. The number of sulfonamides is 1. The van der Waals surface area contributed by atoms with E-state index < -0.39 is 10.0 Å². The second kappa shape index (κ2) is 8.36. The molecule has 1 aliphatic carbocycles. The largest absolute Gasteiger partial charge is 0.332 e. The predicted octanol–water partition coefficient (Wildman–Crippen LogP) is 0.854. The van der Waals surface area contributed by atoms with Crippen molar-refractivity contribution in [2.24, 2.45) is 0 Å². The average Bonchev–Trinajstić information content (AvgIpc) is 3.16. The third-order valence-corrected chi connectivity index (χ3v) is 8.91. The van der Waals surface area contributed by atoms with Gasteiger partial charge < -0.3 is 9.80 Å². The summed E-state index contributed by atoms with van der Waals surface area (Å²) in [6, 6.07) is 6.25. The molecule has 2 saturated heterocycles. The Kier molecular flexibility index (Phi) is 6.00. The minimum Gasteiger partial charge on any atom is -0.332 e. The monoisotopic (exact) mass is 420 g/mol. The summed E-state index contributed by atoms with van der Waals surface area (Å²) in [4.78, 5) is 16.5. The van der Waals surface area contributed by atoms with Crippen LogP contribution in [0.5, 0.6) is 0 Å². The Balaban J connectivity index is 1.36. The van der Waals surface area contributed by atoms with E-state index in [2.05, 4.69) is 18.7 Å². The number of quaternary nitrogens is 1. The molecule has 1 amide bonds. The summed E-state index contributed by atoms with van der Waals surface area (Å²) < 4.78 is 27.8. The zero-order valence-corrected chi connectivity index (χ0v) is 18.5. The standard InChI is InChI=1S/C22H33N3O3S/c1-17-5-3-6-18(2)25(17)22(26)16-23-11-13-24(14-12-23)29(27,28)21-10-9-19-7-4-8-20(19)15-21/h9-10,15,17-18H,3-8,11-14,16H2,1-2H3/p+1/t17-,18+. The van der Waals surface area contributed by atoms with Crippen LogP contribution in [0.1, 0.15) is 50.7 Å². The van der Waals surface area contributed by atoms with Gasteiger partial charge in [-0.05, 0) is 75.6 Å². The number of likely N-dealkylation sites (tertiary alicyclic amines) is 1. The first-order valence-corrected chi connectivity index (χ1v) is 12.6. The van der Waals surface area contributed by atoms with Crippen molar-refractivity contribution in [1.29, 1.82) is 0 Å². The molecule has 2 heterocycles. The number of hydrogen-bond acceptors (Lipinski definition) is 3. The molecule has 2 atom stereocenters. The maximum absolute atomic E-state index is 13.1. The average molecular weight is 421 g/mol. The Labute approximate surface area is 174 Å². The van der Waals surface area contributed by atoms with Gasteiger partial charge in [0.1, 0.15) is 0 Å². The molecule has 0 saturated carbocycles. The van der Waals surface area contributed by atoms with Gasteiger partial charge in [-0.3, -0.25) is 4.79 Å². The highest BCUT2D eigenvalue weighted by molar-refractivity contribution is 7.89.